The molecule has 158 valence electrons. The number of amides is 1. The molecule has 0 atom stereocenters. The molecular formula is C23H27N3O4. The van der Waals surface area contributed by atoms with E-state index in [1.807, 2.05) is 30.3 Å². The lowest BCUT2D eigenvalue weighted by atomic mass is 9.97. The van der Waals surface area contributed by atoms with Crippen molar-refractivity contribution in [2.45, 2.75) is 26.3 Å². The van der Waals surface area contributed by atoms with Crippen molar-refractivity contribution in [1.82, 2.24) is 4.57 Å². The molecule has 7 nitrogen and oxygen atoms in total. The fourth-order valence-corrected chi connectivity index (χ4v) is 3.52. The molecule has 30 heavy (non-hydrogen) atoms. The van der Waals surface area contributed by atoms with Crippen molar-refractivity contribution in [3.05, 3.63) is 52.8 Å². The van der Waals surface area contributed by atoms with E-state index in [2.05, 4.69) is 5.32 Å². The Hall–Kier alpha value is -3.32. The Bertz CT molecular complexity index is 1120. The number of aromatic nitrogens is 1. The summed E-state index contributed by atoms with van der Waals surface area (Å²) in [5, 5.41) is 4.01. The molecule has 2 aromatic carbocycles. The molecule has 0 bridgehead atoms. The van der Waals surface area contributed by atoms with Gasteiger partial charge in [0.05, 0.1) is 7.11 Å². The minimum absolute atomic E-state index is 0.116. The number of pyridine rings is 1. The number of hydrogen-bond donors (Lipinski definition) is 2. The molecule has 7 heteroatoms. The smallest absolute Gasteiger partial charge is 0.260 e. The average molecular weight is 409 g/mol. The lowest BCUT2D eigenvalue weighted by Gasteiger charge is -2.19. The van der Waals surface area contributed by atoms with E-state index < -0.39 is 0 Å². The van der Waals surface area contributed by atoms with Crippen LogP contribution in [-0.4, -0.2) is 31.3 Å². The van der Waals surface area contributed by atoms with E-state index in [4.69, 9.17) is 15.2 Å². The summed E-state index contributed by atoms with van der Waals surface area (Å²) >= 11 is 0. The zero-order chi connectivity index (χ0) is 21.7. The quantitative estimate of drug-likeness (QED) is 0.554. The van der Waals surface area contributed by atoms with Crippen LogP contribution in [0.1, 0.15) is 19.8 Å². The van der Waals surface area contributed by atoms with Gasteiger partial charge < -0.3 is 20.5 Å². The summed E-state index contributed by atoms with van der Waals surface area (Å²) in [6.45, 7) is 2.71. The third-order valence-electron chi connectivity index (χ3n) is 5.02. The highest BCUT2D eigenvalue weighted by Crippen LogP contribution is 2.38. The molecule has 1 amide bonds. The summed E-state index contributed by atoms with van der Waals surface area (Å²) in [4.78, 5) is 25.1. The highest BCUT2D eigenvalue weighted by atomic mass is 16.5. The number of nitrogen functional groups attached to an aromatic ring is 1. The fourth-order valence-electron chi connectivity index (χ4n) is 3.52. The maximum absolute atomic E-state index is 13.3. The van der Waals surface area contributed by atoms with E-state index in [1.165, 1.54) is 0 Å². The highest BCUT2D eigenvalue weighted by Gasteiger charge is 2.19. The summed E-state index contributed by atoms with van der Waals surface area (Å²) in [7, 11) is 3.22. The Kier molecular flexibility index (Phi) is 6.74. The summed E-state index contributed by atoms with van der Waals surface area (Å²) in [5.74, 6) is 0.921. The van der Waals surface area contributed by atoms with Crippen molar-refractivity contribution in [3.8, 4) is 16.9 Å². The Labute approximate surface area is 175 Å². The van der Waals surface area contributed by atoms with E-state index >= 15 is 0 Å². The Balaban J connectivity index is 2.29. The zero-order valence-electron chi connectivity index (χ0n) is 17.5. The maximum atomic E-state index is 13.3. The molecule has 1 heterocycles. The molecule has 0 saturated carbocycles. The molecule has 0 unspecified atom stereocenters. The van der Waals surface area contributed by atoms with Crippen molar-refractivity contribution in [2.75, 3.05) is 31.9 Å². The van der Waals surface area contributed by atoms with E-state index in [0.717, 1.165) is 11.1 Å². The van der Waals surface area contributed by atoms with Gasteiger partial charge in [-0.15, -0.1) is 0 Å². The molecule has 0 radical (unpaired) electrons. The van der Waals surface area contributed by atoms with Crippen LogP contribution >= 0.6 is 0 Å². The van der Waals surface area contributed by atoms with Crippen LogP contribution in [0.3, 0.4) is 0 Å². The molecule has 0 saturated heterocycles. The third-order valence-corrected chi connectivity index (χ3v) is 5.02. The lowest BCUT2D eigenvalue weighted by molar-refractivity contribution is -0.115. The van der Waals surface area contributed by atoms with Gasteiger partial charge in [0, 0.05) is 48.9 Å². The summed E-state index contributed by atoms with van der Waals surface area (Å²) < 4.78 is 12.2. The zero-order valence-corrected chi connectivity index (χ0v) is 17.5. The molecular weight excluding hydrogens is 382 g/mol. The summed E-state index contributed by atoms with van der Waals surface area (Å²) in [6, 6.07) is 12.9. The highest BCUT2D eigenvalue weighted by molar-refractivity contribution is 6.04. The van der Waals surface area contributed by atoms with Gasteiger partial charge in [0.1, 0.15) is 11.6 Å². The van der Waals surface area contributed by atoms with Crippen LogP contribution in [0.5, 0.6) is 5.75 Å². The first-order chi connectivity index (χ1) is 14.5. The largest absolute Gasteiger partial charge is 0.496 e. The number of nitrogens with two attached hydrogens (primary N) is 1. The first-order valence-electron chi connectivity index (χ1n) is 9.90. The van der Waals surface area contributed by atoms with Gasteiger partial charge in [-0.2, -0.15) is 0 Å². The van der Waals surface area contributed by atoms with Gasteiger partial charge in [-0.05, 0) is 30.0 Å². The van der Waals surface area contributed by atoms with Gasteiger partial charge >= 0.3 is 0 Å². The van der Waals surface area contributed by atoms with Crippen LogP contribution < -0.4 is 21.3 Å². The number of carbonyl (C=O) groups is 1. The molecule has 0 aliphatic heterocycles. The standard InChI is InChI=1S/C23H27N3O4/c1-4-20(27)25-15-10-11-16-18(14-15)23(28)26(12-7-13-29-2)22(24)21(16)17-8-5-6-9-19(17)30-3/h5-6,8-11,14H,4,7,12-13,24H2,1-3H3,(H,25,27). The monoisotopic (exact) mass is 409 g/mol. The number of anilines is 2. The summed E-state index contributed by atoms with van der Waals surface area (Å²) in [5.41, 5.74) is 8.42. The first-order valence-corrected chi connectivity index (χ1v) is 9.90. The third kappa shape index (κ3) is 4.16. The normalized spacial score (nSPS) is 10.9. The van der Waals surface area contributed by atoms with Gasteiger partial charge in [0.15, 0.2) is 0 Å². The number of hydrogen-bond acceptors (Lipinski definition) is 5. The number of nitrogens with zero attached hydrogens (tertiary/aromatic N) is 1. The molecule has 3 N–H and O–H groups in total. The minimum atomic E-state index is -0.204. The predicted molar refractivity (Wildman–Crippen MR) is 120 cm³/mol. The van der Waals surface area contributed by atoms with E-state index in [1.54, 1.807) is 37.8 Å². The van der Waals surface area contributed by atoms with Crippen molar-refractivity contribution >= 4 is 28.2 Å². The fraction of sp³-hybridized carbons (Fsp3) is 0.304. The molecule has 1 aromatic heterocycles. The second-order valence-corrected chi connectivity index (χ2v) is 6.93. The van der Waals surface area contributed by atoms with Crippen LogP contribution in [0.25, 0.3) is 21.9 Å². The Morgan fingerprint density at radius 3 is 2.60 bits per heavy atom. The molecule has 0 aliphatic carbocycles. The van der Waals surface area contributed by atoms with Crippen molar-refractivity contribution < 1.29 is 14.3 Å². The lowest BCUT2D eigenvalue weighted by Crippen LogP contribution is -2.25. The topological polar surface area (TPSA) is 95.6 Å². The van der Waals surface area contributed by atoms with Gasteiger partial charge in [-0.1, -0.05) is 31.2 Å². The van der Waals surface area contributed by atoms with E-state index in [9.17, 15) is 9.59 Å². The second-order valence-electron chi connectivity index (χ2n) is 6.93. The first kappa shape index (κ1) is 21.4. The molecule has 3 aromatic rings. The van der Waals surface area contributed by atoms with Crippen LogP contribution in [0, 0.1) is 0 Å². The van der Waals surface area contributed by atoms with E-state index in [0.29, 0.717) is 54.0 Å². The molecule has 0 spiro atoms. The van der Waals surface area contributed by atoms with Gasteiger partial charge in [-0.3, -0.25) is 14.2 Å². The van der Waals surface area contributed by atoms with Crippen LogP contribution in [0.15, 0.2) is 47.3 Å². The molecule has 0 fully saturated rings. The summed E-state index contributed by atoms with van der Waals surface area (Å²) in [6.07, 6.45) is 0.997. The number of benzene rings is 2. The number of methoxy groups -OCH3 is 2. The number of rotatable bonds is 8. The van der Waals surface area contributed by atoms with Crippen molar-refractivity contribution in [3.63, 3.8) is 0 Å². The molecule has 0 aliphatic rings. The number of fused-ring (bicyclic) bond motifs is 1. The number of para-hydroxylation sites is 1. The number of nitrogens with one attached hydrogen (secondary N) is 1. The average Bonchev–Trinajstić information content (AvgIpc) is 2.76. The SMILES string of the molecule is CCC(=O)Nc1ccc2c(-c3ccccc3OC)c(N)n(CCCOC)c(=O)c2c1. The van der Waals surface area contributed by atoms with Crippen molar-refractivity contribution in [1.29, 1.82) is 0 Å². The van der Waals surface area contributed by atoms with Crippen molar-refractivity contribution in [2.24, 2.45) is 0 Å². The van der Waals surface area contributed by atoms with Crippen LogP contribution in [-0.2, 0) is 16.1 Å². The minimum Gasteiger partial charge on any atom is -0.496 e. The van der Waals surface area contributed by atoms with E-state index in [-0.39, 0.29) is 11.5 Å². The maximum Gasteiger partial charge on any atom is 0.260 e. The van der Waals surface area contributed by atoms with Gasteiger partial charge in [0.25, 0.3) is 5.56 Å². The van der Waals surface area contributed by atoms with Gasteiger partial charge in [0.2, 0.25) is 5.91 Å². The predicted octanol–water partition coefficient (Wildman–Crippen LogP) is 3.64. The van der Waals surface area contributed by atoms with Gasteiger partial charge in [-0.25, -0.2) is 0 Å². The number of carbonyl (C=O) groups excluding carboxylic acids is 1. The Morgan fingerprint density at radius 2 is 1.90 bits per heavy atom. The van der Waals surface area contributed by atoms with Crippen LogP contribution in [0.4, 0.5) is 11.5 Å². The van der Waals surface area contributed by atoms with Crippen LogP contribution in [0.2, 0.25) is 0 Å². The molecule has 3 rings (SSSR count). The second kappa shape index (κ2) is 9.45. The number of ether oxygens (including phenoxy) is 2. The Morgan fingerprint density at radius 1 is 1.13 bits per heavy atom.